The van der Waals surface area contributed by atoms with Gasteiger partial charge in [-0.05, 0) is 24.6 Å². The maximum atomic E-state index is 13.0. The second kappa shape index (κ2) is 7.99. The number of benzene rings is 2. The first-order valence-electron chi connectivity index (χ1n) is 7.83. The van der Waals surface area contributed by atoms with E-state index in [1.807, 2.05) is 0 Å². The summed E-state index contributed by atoms with van der Waals surface area (Å²) in [5.41, 5.74) is -4.38. The van der Waals surface area contributed by atoms with Gasteiger partial charge in [-0.1, -0.05) is 48.0 Å². The minimum Gasteiger partial charge on any atom is -0.224 e. The lowest BCUT2D eigenvalue weighted by atomic mass is 10.2. The Hall–Kier alpha value is -1.91. The largest absolute Gasteiger partial charge is 0.511 e. The van der Waals surface area contributed by atoms with Gasteiger partial charge in [0, 0.05) is 13.1 Å². The first-order chi connectivity index (χ1) is 12.4. The van der Waals surface area contributed by atoms with Gasteiger partial charge in [0.1, 0.15) is 0 Å². The summed E-state index contributed by atoms with van der Waals surface area (Å²) in [6.45, 7) is 0.368. The predicted molar refractivity (Wildman–Crippen MR) is 95.1 cm³/mol. The highest BCUT2D eigenvalue weighted by molar-refractivity contribution is 7.91. The fourth-order valence-electron chi connectivity index (χ4n) is 2.30. The molecular formula is C17H18F3NO4S2. The normalized spacial score (nSPS) is 13.1. The Morgan fingerprint density at radius 3 is 1.96 bits per heavy atom. The van der Waals surface area contributed by atoms with E-state index in [1.54, 1.807) is 37.3 Å². The maximum absolute atomic E-state index is 13.0. The molecule has 2 aromatic carbocycles. The SMILES string of the molecule is Cc1ccc(S(=O)(=O)CCN(Cc2ccccc2)S(=O)(=O)C(F)(F)F)cc1. The summed E-state index contributed by atoms with van der Waals surface area (Å²) >= 11 is 0. The van der Waals surface area contributed by atoms with Gasteiger partial charge in [0.2, 0.25) is 0 Å². The summed E-state index contributed by atoms with van der Waals surface area (Å²) < 4.78 is 87.6. The zero-order valence-corrected chi connectivity index (χ0v) is 16.0. The van der Waals surface area contributed by atoms with Crippen LogP contribution in [0.2, 0.25) is 0 Å². The Morgan fingerprint density at radius 1 is 0.889 bits per heavy atom. The van der Waals surface area contributed by atoms with E-state index in [9.17, 15) is 30.0 Å². The summed E-state index contributed by atoms with van der Waals surface area (Å²) in [7, 11) is -9.62. The topological polar surface area (TPSA) is 71.5 Å². The third kappa shape index (κ3) is 5.30. The summed E-state index contributed by atoms with van der Waals surface area (Å²) in [5, 5.41) is 0. The number of hydrogen-bond donors (Lipinski definition) is 0. The number of nitrogens with zero attached hydrogens (tertiary/aromatic N) is 1. The smallest absolute Gasteiger partial charge is 0.224 e. The number of alkyl halides is 3. The van der Waals surface area contributed by atoms with Gasteiger partial charge in [0.15, 0.2) is 9.84 Å². The Kier molecular flexibility index (Phi) is 6.33. The number of aryl methyl sites for hydroxylation is 1. The van der Waals surface area contributed by atoms with Crippen LogP contribution in [0.3, 0.4) is 0 Å². The van der Waals surface area contributed by atoms with Gasteiger partial charge < -0.3 is 0 Å². The van der Waals surface area contributed by atoms with Crippen LogP contribution in [0.5, 0.6) is 0 Å². The van der Waals surface area contributed by atoms with Crippen LogP contribution in [0, 0.1) is 6.92 Å². The van der Waals surface area contributed by atoms with Gasteiger partial charge in [0.05, 0.1) is 10.6 Å². The van der Waals surface area contributed by atoms with Crippen molar-refractivity contribution in [2.75, 3.05) is 12.3 Å². The Morgan fingerprint density at radius 2 is 1.44 bits per heavy atom. The van der Waals surface area contributed by atoms with E-state index in [0.29, 0.717) is 5.56 Å². The summed E-state index contributed by atoms with van der Waals surface area (Å²) in [6.07, 6.45) is 0. The van der Waals surface area contributed by atoms with Crippen molar-refractivity contribution in [1.29, 1.82) is 0 Å². The van der Waals surface area contributed by atoms with E-state index in [2.05, 4.69) is 0 Å². The molecule has 0 aromatic heterocycles. The lowest BCUT2D eigenvalue weighted by molar-refractivity contribution is -0.0490. The fourth-order valence-corrected chi connectivity index (χ4v) is 4.61. The predicted octanol–water partition coefficient (Wildman–Crippen LogP) is 3.12. The lowest BCUT2D eigenvalue weighted by Crippen LogP contribution is -2.42. The summed E-state index contributed by atoms with van der Waals surface area (Å²) in [4.78, 5) is -0.0721. The molecule has 0 saturated carbocycles. The molecule has 0 N–H and O–H groups in total. The second-order valence-electron chi connectivity index (χ2n) is 5.90. The van der Waals surface area contributed by atoms with Gasteiger partial charge in [-0.2, -0.15) is 17.5 Å². The molecule has 0 aliphatic heterocycles. The standard InChI is InChI=1S/C17H18F3NO4S2/c1-14-7-9-16(10-8-14)26(22,23)12-11-21(27(24,25)17(18,19)20)13-15-5-3-2-4-6-15/h2-10H,11-13H2,1H3. The van der Waals surface area contributed by atoms with Crippen LogP contribution in [-0.4, -0.2) is 38.9 Å². The molecule has 0 bridgehead atoms. The van der Waals surface area contributed by atoms with E-state index in [1.165, 1.54) is 24.3 Å². The molecule has 0 aliphatic carbocycles. The van der Waals surface area contributed by atoms with Crippen molar-refractivity contribution in [1.82, 2.24) is 4.31 Å². The van der Waals surface area contributed by atoms with Crippen molar-refractivity contribution in [2.45, 2.75) is 23.9 Å². The third-order valence-corrected chi connectivity index (χ3v) is 7.11. The van der Waals surface area contributed by atoms with Crippen LogP contribution in [0.1, 0.15) is 11.1 Å². The average Bonchev–Trinajstić information content (AvgIpc) is 2.58. The average molecular weight is 421 g/mol. The molecule has 0 amide bonds. The van der Waals surface area contributed by atoms with Crippen LogP contribution in [0.4, 0.5) is 13.2 Å². The highest BCUT2D eigenvalue weighted by Gasteiger charge is 2.50. The number of rotatable bonds is 7. The zero-order chi connectivity index (χ0) is 20.3. The van der Waals surface area contributed by atoms with Crippen LogP contribution in [0.15, 0.2) is 59.5 Å². The highest BCUT2D eigenvalue weighted by atomic mass is 32.2. The number of sulfone groups is 1. The van der Waals surface area contributed by atoms with Crippen LogP contribution >= 0.6 is 0 Å². The van der Waals surface area contributed by atoms with Crippen LogP contribution in [0.25, 0.3) is 0 Å². The van der Waals surface area contributed by atoms with E-state index >= 15 is 0 Å². The van der Waals surface area contributed by atoms with E-state index in [-0.39, 0.29) is 9.20 Å². The fraction of sp³-hybridized carbons (Fsp3) is 0.294. The van der Waals surface area contributed by atoms with Crippen molar-refractivity contribution >= 4 is 19.9 Å². The van der Waals surface area contributed by atoms with Crippen molar-refractivity contribution in [2.24, 2.45) is 0 Å². The van der Waals surface area contributed by atoms with Gasteiger partial charge in [0.25, 0.3) is 0 Å². The molecule has 27 heavy (non-hydrogen) atoms. The first kappa shape index (κ1) is 21.4. The molecule has 0 aliphatic rings. The molecular weight excluding hydrogens is 403 g/mol. The molecule has 10 heteroatoms. The summed E-state index contributed by atoms with van der Waals surface area (Å²) in [6, 6.07) is 13.5. The lowest BCUT2D eigenvalue weighted by Gasteiger charge is -2.23. The van der Waals surface area contributed by atoms with Gasteiger partial charge in [-0.25, -0.2) is 16.8 Å². The van der Waals surface area contributed by atoms with Gasteiger partial charge in [-0.3, -0.25) is 0 Å². The van der Waals surface area contributed by atoms with Crippen LogP contribution < -0.4 is 0 Å². The third-order valence-electron chi connectivity index (χ3n) is 3.82. The van der Waals surface area contributed by atoms with Crippen LogP contribution in [-0.2, 0) is 26.4 Å². The number of hydrogen-bond acceptors (Lipinski definition) is 4. The number of halogens is 3. The quantitative estimate of drug-likeness (QED) is 0.689. The summed E-state index contributed by atoms with van der Waals surface area (Å²) in [5.74, 6) is -0.766. The molecule has 0 fully saturated rings. The maximum Gasteiger partial charge on any atom is 0.511 e. The number of sulfonamides is 1. The zero-order valence-electron chi connectivity index (χ0n) is 14.3. The van der Waals surface area contributed by atoms with Crippen molar-refractivity contribution in [3.05, 3.63) is 65.7 Å². The molecule has 0 atom stereocenters. The van der Waals surface area contributed by atoms with Gasteiger partial charge in [-0.15, -0.1) is 0 Å². The molecule has 0 unspecified atom stereocenters. The first-order valence-corrected chi connectivity index (χ1v) is 10.9. The molecule has 148 valence electrons. The molecule has 0 radical (unpaired) electrons. The van der Waals surface area contributed by atoms with Crippen molar-refractivity contribution in [3.63, 3.8) is 0 Å². The molecule has 2 rings (SSSR count). The van der Waals surface area contributed by atoms with E-state index < -0.39 is 44.2 Å². The molecule has 0 spiro atoms. The van der Waals surface area contributed by atoms with E-state index in [0.717, 1.165) is 5.56 Å². The Labute approximate surface area is 156 Å². The molecule has 2 aromatic rings. The molecule has 5 nitrogen and oxygen atoms in total. The minimum absolute atomic E-state index is 0.0721. The molecule has 0 saturated heterocycles. The van der Waals surface area contributed by atoms with E-state index in [4.69, 9.17) is 0 Å². The minimum atomic E-state index is -5.68. The van der Waals surface area contributed by atoms with Gasteiger partial charge >= 0.3 is 15.5 Å². The molecule has 0 heterocycles. The Bertz CT molecular complexity index is 971. The van der Waals surface area contributed by atoms with Crippen molar-refractivity contribution < 1.29 is 30.0 Å². The highest BCUT2D eigenvalue weighted by Crippen LogP contribution is 2.28. The Balaban J connectivity index is 2.28. The van der Waals surface area contributed by atoms with Crippen molar-refractivity contribution in [3.8, 4) is 0 Å². The monoisotopic (exact) mass is 421 g/mol. The second-order valence-corrected chi connectivity index (χ2v) is 9.94.